The first-order valence-corrected chi connectivity index (χ1v) is 11.9. The molecule has 0 aromatic heterocycles. The number of anilines is 1. The maximum absolute atomic E-state index is 12.8. The van der Waals surface area contributed by atoms with Crippen LogP contribution in [0.15, 0.2) is 53.4 Å². The third kappa shape index (κ3) is 4.37. The number of amides is 1. The van der Waals surface area contributed by atoms with Crippen LogP contribution in [0.3, 0.4) is 0 Å². The van der Waals surface area contributed by atoms with Crippen molar-refractivity contribution in [3.63, 3.8) is 0 Å². The van der Waals surface area contributed by atoms with E-state index in [0.29, 0.717) is 28.8 Å². The molecule has 2 saturated carbocycles. The van der Waals surface area contributed by atoms with Crippen LogP contribution in [0.25, 0.3) is 0 Å². The molecule has 30 heavy (non-hydrogen) atoms. The second-order valence-electron chi connectivity index (χ2n) is 8.46. The Bertz CT molecular complexity index is 1000. The van der Waals surface area contributed by atoms with Crippen LogP contribution in [-0.2, 0) is 10.0 Å². The van der Waals surface area contributed by atoms with Crippen LogP contribution in [0, 0.1) is 17.8 Å². The van der Waals surface area contributed by atoms with Crippen LogP contribution in [0.2, 0.25) is 0 Å². The van der Waals surface area contributed by atoms with Crippen molar-refractivity contribution < 1.29 is 17.9 Å². The van der Waals surface area contributed by atoms with E-state index in [0.717, 1.165) is 12.3 Å². The number of carbonyl (C=O) groups is 1. The van der Waals surface area contributed by atoms with E-state index in [-0.39, 0.29) is 16.8 Å². The van der Waals surface area contributed by atoms with Crippen LogP contribution in [-0.4, -0.2) is 27.5 Å². The average Bonchev–Trinajstić information content (AvgIpc) is 3.38. The zero-order valence-electron chi connectivity index (χ0n) is 17.3. The standard InChI is InChI=1S/C23H28N2O4S/c1-15(22-14-16-3-4-18(22)13-16)25-30(27,28)21-11-7-19(8-12-21)24-23(26)17-5-9-20(29-2)10-6-17/h5-12,15-16,18,22,25H,3-4,13-14H2,1-2H3,(H,24,26). The van der Waals surface area contributed by atoms with E-state index in [1.807, 2.05) is 6.92 Å². The molecule has 0 heterocycles. The molecular weight excluding hydrogens is 400 g/mol. The monoisotopic (exact) mass is 428 g/mol. The number of rotatable bonds is 7. The summed E-state index contributed by atoms with van der Waals surface area (Å²) in [5.74, 6) is 2.27. The van der Waals surface area contributed by atoms with Crippen LogP contribution in [0.4, 0.5) is 5.69 Å². The van der Waals surface area contributed by atoms with Crippen molar-refractivity contribution in [2.45, 2.75) is 43.5 Å². The third-order valence-electron chi connectivity index (χ3n) is 6.55. The summed E-state index contributed by atoms with van der Waals surface area (Å²) in [7, 11) is -2.03. The van der Waals surface area contributed by atoms with Gasteiger partial charge in [0.25, 0.3) is 5.91 Å². The minimum absolute atomic E-state index is 0.0697. The molecule has 0 saturated heterocycles. The lowest BCUT2D eigenvalue weighted by Gasteiger charge is -2.28. The van der Waals surface area contributed by atoms with Crippen molar-refractivity contribution in [2.24, 2.45) is 17.8 Å². The van der Waals surface area contributed by atoms with Gasteiger partial charge in [-0.1, -0.05) is 6.42 Å². The zero-order valence-corrected chi connectivity index (χ0v) is 18.1. The minimum Gasteiger partial charge on any atom is -0.497 e. The van der Waals surface area contributed by atoms with Gasteiger partial charge in [-0.25, -0.2) is 13.1 Å². The topological polar surface area (TPSA) is 84.5 Å². The average molecular weight is 429 g/mol. The van der Waals surface area contributed by atoms with Crippen molar-refractivity contribution in [2.75, 3.05) is 12.4 Å². The Labute approximate surface area is 178 Å². The van der Waals surface area contributed by atoms with Gasteiger partial charge in [-0.15, -0.1) is 0 Å². The molecule has 2 aromatic rings. The first kappa shape index (κ1) is 20.9. The number of sulfonamides is 1. The van der Waals surface area contributed by atoms with Crippen molar-refractivity contribution in [3.8, 4) is 5.75 Å². The van der Waals surface area contributed by atoms with E-state index in [9.17, 15) is 13.2 Å². The fourth-order valence-corrected chi connectivity index (χ4v) is 6.26. The molecule has 2 N–H and O–H groups in total. The summed E-state index contributed by atoms with van der Waals surface area (Å²) in [4.78, 5) is 12.6. The first-order valence-electron chi connectivity index (χ1n) is 10.4. The van der Waals surface area contributed by atoms with Gasteiger partial charge >= 0.3 is 0 Å². The Morgan fingerprint density at radius 2 is 1.73 bits per heavy atom. The largest absolute Gasteiger partial charge is 0.497 e. The summed E-state index contributed by atoms with van der Waals surface area (Å²) >= 11 is 0. The van der Waals surface area contributed by atoms with Crippen LogP contribution >= 0.6 is 0 Å². The molecule has 2 aromatic carbocycles. The van der Waals surface area contributed by atoms with Crippen molar-refractivity contribution in [1.82, 2.24) is 4.72 Å². The summed E-state index contributed by atoms with van der Waals surface area (Å²) in [6, 6.07) is 13.0. The molecule has 7 heteroatoms. The molecule has 0 spiro atoms. The second kappa shape index (κ2) is 8.40. The maximum Gasteiger partial charge on any atom is 0.255 e. The lowest BCUT2D eigenvalue weighted by molar-refractivity contribution is 0.102. The number of benzene rings is 2. The van der Waals surface area contributed by atoms with Crippen molar-refractivity contribution in [1.29, 1.82) is 0 Å². The van der Waals surface area contributed by atoms with E-state index in [1.54, 1.807) is 43.5 Å². The van der Waals surface area contributed by atoms with Gasteiger partial charge in [0.05, 0.1) is 12.0 Å². The van der Waals surface area contributed by atoms with Gasteiger partial charge in [0.2, 0.25) is 10.0 Å². The summed E-state index contributed by atoms with van der Waals surface area (Å²) < 4.78 is 33.6. The molecule has 6 nitrogen and oxygen atoms in total. The smallest absolute Gasteiger partial charge is 0.255 e. The Kier molecular flexibility index (Phi) is 5.84. The van der Waals surface area contributed by atoms with E-state index in [2.05, 4.69) is 10.0 Å². The molecular formula is C23H28N2O4S. The number of ether oxygens (including phenoxy) is 1. The molecule has 2 bridgehead atoms. The number of fused-ring (bicyclic) bond motifs is 2. The maximum atomic E-state index is 12.8. The SMILES string of the molecule is COc1ccc(C(=O)Nc2ccc(S(=O)(=O)NC(C)C3CC4CCC3C4)cc2)cc1. The van der Waals surface area contributed by atoms with Crippen molar-refractivity contribution in [3.05, 3.63) is 54.1 Å². The van der Waals surface area contributed by atoms with E-state index < -0.39 is 10.0 Å². The third-order valence-corrected chi connectivity index (χ3v) is 8.13. The molecule has 1 amide bonds. The number of carbonyl (C=O) groups excluding carboxylic acids is 1. The summed E-state index contributed by atoms with van der Waals surface area (Å²) in [5.41, 5.74) is 1.03. The Hall–Kier alpha value is -2.38. The normalized spacial score (nSPS) is 23.9. The van der Waals surface area contributed by atoms with Crippen molar-refractivity contribution >= 4 is 21.6 Å². The van der Waals surface area contributed by atoms with Crippen LogP contribution < -0.4 is 14.8 Å². The number of hydrogen-bond donors (Lipinski definition) is 2. The highest BCUT2D eigenvalue weighted by atomic mass is 32.2. The summed E-state index contributed by atoms with van der Waals surface area (Å²) in [5, 5.41) is 2.78. The predicted octanol–water partition coefficient (Wildman–Crippen LogP) is 4.05. The molecule has 4 unspecified atom stereocenters. The van der Waals surface area contributed by atoms with Crippen LogP contribution in [0.5, 0.6) is 5.75 Å². The van der Waals surface area contributed by atoms with Gasteiger partial charge in [-0.2, -0.15) is 0 Å². The highest BCUT2D eigenvalue weighted by Gasteiger charge is 2.42. The first-order chi connectivity index (χ1) is 14.4. The van der Waals surface area contributed by atoms with Gasteiger partial charge in [0.1, 0.15) is 5.75 Å². The lowest BCUT2D eigenvalue weighted by Crippen LogP contribution is -2.40. The van der Waals surface area contributed by atoms with E-state index in [1.165, 1.54) is 31.4 Å². The molecule has 0 aliphatic heterocycles. The van der Waals surface area contributed by atoms with Gasteiger partial charge < -0.3 is 10.1 Å². The quantitative estimate of drug-likeness (QED) is 0.697. The Balaban J connectivity index is 1.38. The van der Waals surface area contributed by atoms with Gasteiger partial charge in [0, 0.05) is 17.3 Å². The fraction of sp³-hybridized carbons (Fsp3) is 0.435. The van der Waals surface area contributed by atoms with E-state index >= 15 is 0 Å². The molecule has 2 aliphatic carbocycles. The number of nitrogens with one attached hydrogen (secondary N) is 2. The van der Waals surface area contributed by atoms with Gasteiger partial charge in [0.15, 0.2) is 0 Å². The molecule has 4 rings (SSSR count). The molecule has 0 radical (unpaired) electrons. The Morgan fingerprint density at radius 3 is 2.30 bits per heavy atom. The predicted molar refractivity (Wildman–Crippen MR) is 116 cm³/mol. The molecule has 4 atom stereocenters. The van der Waals surface area contributed by atoms with Crippen LogP contribution in [0.1, 0.15) is 43.0 Å². The highest BCUT2D eigenvalue weighted by Crippen LogP contribution is 2.49. The fourth-order valence-electron chi connectivity index (χ4n) is 4.97. The summed E-state index contributed by atoms with van der Waals surface area (Å²) in [6.07, 6.45) is 4.90. The number of methoxy groups -OCH3 is 1. The molecule has 160 valence electrons. The molecule has 2 aliphatic rings. The number of hydrogen-bond acceptors (Lipinski definition) is 4. The Morgan fingerprint density at radius 1 is 1.03 bits per heavy atom. The van der Waals surface area contributed by atoms with Gasteiger partial charge in [-0.3, -0.25) is 4.79 Å². The van der Waals surface area contributed by atoms with E-state index in [4.69, 9.17) is 4.74 Å². The molecule has 2 fully saturated rings. The minimum atomic E-state index is -3.60. The van der Waals surface area contributed by atoms with Gasteiger partial charge in [-0.05, 0) is 92.5 Å². The zero-order chi connectivity index (χ0) is 21.3. The summed E-state index contributed by atoms with van der Waals surface area (Å²) in [6.45, 7) is 1.98. The lowest BCUT2D eigenvalue weighted by atomic mass is 9.84. The highest BCUT2D eigenvalue weighted by molar-refractivity contribution is 7.89. The second-order valence-corrected chi connectivity index (χ2v) is 10.2.